The van der Waals surface area contributed by atoms with E-state index in [2.05, 4.69) is 66.4 Å². The van der Waals surface area contributed by atoms with Gasteiger partial charge in [-0.2, -0.15) is 0 Å². The monoisotopic (exact) mass is 300 g/mol. The zero-order chi connectivity index (χ0) is 15.6. The van der Waals surface area contributed by atoms with Gasteiger partial charge in [-0.1, -0.05) is 63.6 Å². The summed E-state index contributed by atoms with van der Waals surface area (Å²) in [6, 6.07) is 10.8. The number of unbranched alkanes of at least 4 members (excludes halogenated alkanes) is 6. The maximum absolute atomic E-state index is 2.46. The molecule has 1 unspecified atom stereocenters. The van der Waals surface area contributed by atoms with Gasteiger partial charge in [-0.25, -0.2) is 0 Å². The first-order chi connectivity index (χ1) is 10.9. The molecule has 0 fully saturated rings. The lowest BCUT2D eigenvalue weighted by atomic mass is 10.1. The van der Waals surface area contributed by atoms with Gasteiger partial charge in [0.25, 0.3) is 0 Å². The van der Waals surface area contributed by atoms with Crippen LogP contribution in [-0.4, -0.2) is 17.6 Å². The van der Waals surface area contributed by atoms with E-state index >= 15 is 0 Å². The zero-order valence-corrected chi connectivity index (χ0v) is 14.4. The molecule has 0 spiro atoms. The van der Waals surface area contributed by atoms with Gasteiger partial charge in [0.15, 0.2) is 0 Å². The van der Waals surface area contributed by atoms with Crippen LogP contribution in [0.25, 0.3) is 0 Å². The molecule has 0 amide bonds. The number of hydrogen-bond acceptors (Lipinski definition) is 2. The normalized spacial score (nSPS) is 17.5. The van der Waals surface area contributed by atoms with Crippen LogP contribution in [-0.2, 0) is 0 Å². The average Bonchev–Trinajstić information content (AvgIpc) is 2.98. The maximum atomic E-state index is 2.46. The summed E-state index contributed by atoms with van der Waals surface area (Å²) in [7, 11) is 0. The summed E-state index contributed by atoms with van der Waals surface area (Å²) >= 11 is 0. The molecule has 1 aromatic rings. The van der Waals surface area contributed by atoms with Gasteiger partial charge in [-0.3, -0.25) is 0 Å². The van der Waals surface area contributed by atoms with E-state index < -0.39 is 0 Å². The quantitative estimate of drug-likeness (QED) is 0.506. The smallest absolute Gasteiger partial charge is 0.105 e. The van der Waals surface area contributed by atoms with Crippen molar-refractivity contribution in [3.05, 3.63) is 42.7 Å². The molecule has 0 aliphatic carbocycles. The molecule has 2 nitrogen and oxygen atoms in total. The Labute approximate surface area is 136 Å². The Morgan fingerprint density at radius 3 is 2.18 bits per heavy atom. The molecule has 0 saturated heterocycles. The van der Waals surface area contributed by atoms with Gasteiger partial charge in [0.1, 0.15) is 6.17 Å². The molecule has 1 aliphatic heterocycles. The predicted molar refractivity (Wildman–Crippen MR) is 96.8 cm³/mol. The largest absolute Gasteiger partial charge is 0.356 e. The Balaban J connectivity index is 1.79. The minimum atomic E-state index is 0.503. The van der Waals surface area contributed by atoms with Crippen LogP contribution in [0.1, 0.15) is 65.2 Å². The highest BCUT2D eigenvalue weighted by atomic mass is 15.4. The van der Waals surface area contributed by atoms with E-state index in [1.54, 1.807) is 0 Å². The van der Waals surface area contributed by atoms with E-state index in [4.69, 9.17) is 0 Å². The van der Waals surface area contributed by atoms with E-state index in [9.17, 15) is 0 Å². The Morgan fingerprint density at radius 1 is 0.818 bits per heavy atom. The van der Waals surface area contributed by atoms with E-state index in [0.29, 0.717) is 6.17 Å². The topological polar surface area (TPSA) is 6.48 Å². The highest BCUT2D eigenvalue weighted by Crippen LogP contribution is 2.27. The summed E-state index contributed by atoms with van der Waals surface area (Å²) in [5.41, 5.74) is 1.31. The SMILES string of the molecule is CCCCCCCCCC1N(CC)C=CN1c1ccccc1. The number of benzene rings is 1. The third-order valence-electron chi connectivity index (χ3n) is 4.61. The van der Waals surface area contributed by atoms with E-state index in [1.807, 2.05) is 0 Å². The zero-order valence-electron chi connectivity index (χ0n) is 14.4. The molecule has 0 saturated carbocycles. The van der Waals surface area contributed by atoms with Gasteiger partial charge in [0.05, 0.1) is 0 Å². The van der Waals surface area contributed by atoms with Crippen molar-refractivity contribution in [2.75, 3.05) is 11.4 Å². The van der Waals surface area contributed by atoms with Crippen molar-refractivity contribution in [3.8, 4) is 0 Å². The van der Waals surface area contributed by atoms with Crippen LogP contribution in [0.4, 0.5) is 5.69 Å². The molecule has 2 rings (SSSR count). The first-order valence-corrected chi connectivity index (χ1v) is 9.14. The lowest BCUT2D eigenvalue weighted by Gasteiger charge is -2.32. The Bertz CT molecular complexity index is 427. The molecule has 0 N–H and O–H groups in total. The van der Waals surface area contributed by atoms with E-state index in [0.717, 1.165) is 6.54 Å². The Kier molecular flexibility index (Phi) is 7.35. The molecular formula is C20H32N2. The fraction of sp³-hybridized carbons (Fsp3) is 0.600. The lowest BCUT2D eigenvalue weighted by molar-refractivity contribution is 0.291. The van der Waals surface area contributed by atoms with Crippen molar-refractivity contribution >= 4 is 5.69 Å². The summed E-state index contributed by atoms with van der Waals surface area (Å²) in [6.07, 6.45) is 15.9. The second-order valence-corrected chi connectivity index (χ2v) is 6.26. The van der Waals surface area contributed by atoms with Crippen LogP contribution in [0.5, 0.6) is 0 Å². The summed E-state index contributed by atoms with van der Waals surface area (Å²) in [4.78, 5) is 4.89. The van der Waals surface area contributed by atoms with Crippen molar-refractivity contribution in [3.63, 3.8) is 0 Å². The van der Waals surface area contributed by atoms with Gasteiger partial charge in [0, 0.05) is 24.6 Å². The van der Waals surface area contributed by atoms with Crippen LogP contribution < -0.4 is 4.90 Å². The molecule has 1 aliphatic rings. The molecule has 0 bridgehead atoms. The summed E-state index contributed by atoms with van der Waals surface area (Å²) in [6.45, 7) is 5.61. The molecule has 0 radical (unpaired) electrons. The van der Waals surface area contributed by atoms with Crippen LogP contribution in [0.15, 0.2) is 42.7 Å². The molecule has 2 heteroatoms. The molecule has 1 heterocycles. The molecule has 122 valence electrons. The third kappa shape index (κ3) is 4.79. The summed E-state index contributed by atoms with van der Waals surface area (Å²) in [5, 5.41) is 0. The summed E-state index contributed by atoms with van der Waals surface area (Å²) in [5.74, 6) is 0. The third-order valence-corrected chi connectivity index (χ3v) is 4.61. The van der Waals surface area contributed by atoms with Crippen molar-refractivity contribution in [2.45, 2.75) is 71.4 Å². The fourth-order valence-corrected chi connectivity index (χ4v) is 3.28. The van der Waals surface area contributed by atoms with Crippen molar-refractivity contribution in [2.24, 2.45) is 0 Å². The molecule has 1 atom stereocenters. The number of anilines is 1. The second kappa shape index (κ2) is 9.55. The van der Waals surface area contributed by atoms with Crippen molar-refractivity contribution in [1.29, 1.82) is 0 Å². The van der Waals surface area contributed by atoms with E-state index in [-0.39, 0.29) is 0 Å². The highest BCUT2D eigenvalue weighted by molar-refractivity contribution is 5.51. The van der Waals surface area contributed by atoms with Gasteiger partial charge in [-0.15, -0.1) is 0 Å². The van der Waals surface area contributed by atoms with Gasteiger partial charge in [0.2, 0.25) is 0 Å². The minimum Gasteiger partial charge on any atom is -0.356 e. The molecular weight excluding hydrogens is 268 g/mol. The first kappa shape index (κ1) is 16.9. The minimum absolute atomic E-state index is 0.503. The van der Waals surface area contributed by atoms with Gasteiger partial charge in [-0.05, 0) is 31.9 Å². The van der Waals surface area contributed by atoms with Crippen LogP contribution in [0.3, 0.4) is 0 Å². The number of para-hydroxylation sites is 1. The van der Waals surface area contributed by atoms with Gasteiger partial charge >= 0.3 is 0 Å². The van der Waals surface area contributed by atoms with Crippen LogP contribution >= 0.6 is 0 Å². The fourth-order valence-electron chi connectivity index (χ4n) is 3.28. The van der Waals surface area contributed by atoms with Crippen molar-refractivity contribution < 1.29 is 0 Å². The number of rotatable bonds is 10. The van der Waals surface area contributed by atoms with Crippen LogP contribution in [0.2, 0.25) is 0 Å². The number of hydrogen-bond donors (Lipinski definition) is 0. The van der Waals surface area contributed by atoms with Crippen LogP contribution in [0, 0.1) is 0 Å². The predicted octanol–water partition coefficient (Wildman–Crippen LogP) is 5.77. The molecule has 1 aromatic carbocycles. The highest BCUT2D eigenvalue weighted by Gasteiger charge is 2.25. The van der Waals surface area contributed by atoms with Crippen molar-refractivity contribution in [1.82, 2.24) is 4.90 Å². The maximum Gasteiger partial charge on any atom is 0.105 e. The Hall–Kier alpha value is -1.44. The van der Waals surface area contributed by atoms with E-state index in [1.165, 1.54) is 57.1 Å². The Morgan fingerprint density at radius 2 is 1.50 bits per heavy atom. The average molecular weight is 300 g/mol. The molecule has 0 aromatic heterocycles. The van der Waals surface area contributed by atoms with Gasteiger partial charge < -0.3 is 9.80 Å². The molecule has 22 heavy (non-hydrogen) atoms. The standard InChI is InChI=1S/C20H32N2/c1-3-5-6-7-8-9-13-16-20-21(4-2)17-18-22(20)19-14-11-10-12-15-19/h10-12,14-15,17-18,20H,3-9,13,16H2,1-2H3. The number of nitrogens with zero attached hydrogens (tertiary/aromatic N) is 2. The summed E-state index contributed by atoms with van der Waals surface area (Å²) < 4.78 is 0. The lowest BCUT2D eigenvalue weighted by Crippen LogP contribution is -2.38. The first-order valence-electron chi connectivity index (χ1n) is 9.14. The second-order valence-electron chi connectivity index (χ2n) is 6.26.